The van der Waals surface area contributed by atoms with Crippen LogP contribution in [0.15, 0.2) is 36.7 Å². The Hall–Kier alpha value is -1.88. The van der Waals surface area contributed by atoms with Crippen molar-refractivity contribution in [2.75, 3.05) is 18.4 Å². The monoisotopic (exact) mass is 313 g/mol. The van der Waals surface area contributed by atoms with Gasteiger partial charge in [-0.1, -0.05) is 18.2 Å². The highest BCUT2D eigenvalue weighted by Gasteiger charge is 2.24. The summed E-state index contributed by atoms with van der Waals surface area (Å²) >= 11 is 0. The van der Waals surface area contributed by atoms with E-state index in [-0.39, 0.29) is 5.54 Å². The van der Waals surface area contributed by atoms with Crippen LogP contribution in [0.2, 0.25) is 0 Å². The van der Waals surface area contributed by atoms with Crippen LogP contribution >= 0.6 is 0 Å². The molecule has 0 amide bonds. The number of rotatable bonds is 4. The largest absolute Gasteiger partial charge is 0.381 e. The Kier molecular flexibility index (Phi) is 4.66. The highest BCUT2D eigenvalue weighted by Crippen LogP contribution is 2.19. The van der Waals surface area contributed by atoms with Crippen LogP contribution in [0.1, 0.15) is 39.4 Å². The molecule has 23 heavy (non-hydrogen) atoms. The fourth-order valence-corrected chi connectivity index (χ4v) is 3.22. The molecule has 3 rings (SSSR count). The minimum atomic E-state index is -0.0245. The third-order valence-corrected chi connectivity index (χ3v) is 4.27. The summed E-state index contributed by atoms with van der Waals surface area (Å²) in [6, 6.07) is 11.0. The molecule has 1 N–H and O–H groups in total. The van der Waals surface area contributed by atoms with Gasteiger partial charge in [0, 0.05) is 18.3 Å². The molecule has 0 aliphatic carbocycles. The Labute approximate surface area is 138 Å². The molecule has 1 atom stereocenters. The van der Waals surface area contributed by atoms with E-state index in [1.54, 1.807) is 6.33 Å². The van der Waals surface area contributed by atoms with Gasteiger partial charge in [0.1, 0.15) is 12.2 Å². The molecule has 1 aliphatic heterocycles. The van der Waals surface area contributed by atoms with Crippen LogP contribution in [0.25, 0.3) is 0 Å². The topological polar surface area (TPSA) is 46.0 Å². The summed E-state index contributed by atoms with van der Waals surface area (Å²) in [6.45, 7) is 9.55. The first kappa shape index (κ1) is 16.0. The predicted molar refractivity (Wildman–Crippen MR) is 93.4 cm³/mol. The van der Waals surface area contributed by atoms with Crippen LogP contribution in [0.3, 0.4) is 0 Å². The Bertz CT molecular complexity index is 614. The zero-order valence-electron chi connectivity index (χ0n) is 14.4. The lowest BCUT2D eigenvalue weighted by molar-refractivity contribution is 0.194. The standard InChI is InChI=1S/C18H27N5/c1-18(2,3)23-17(19-14-20-23)13-22-11-7-10-16(12-22)21-15-8-5-4-6-9-15/h4-6,8-9,14,16,21H,7,10-13H2,1-3H3. The van der Waals surface area contributed by atoms with E-state index < -0.39 is 0 Å². The van der Waals surface area contributed by atoms with E-state index in [1.807, 2.05) is 4.68 Å². The molecule has 1 aromatic carbocycles. The van der Waals surface area contributed by atoms with Crippen molar-refractivity contribution in [3.05, 3.63) is 42.5 Å². The van der Waals surface area contributed by atoms with Crippen LogP contribution in [-0.4, -0.2) is 38.8 Å². The summed E-state index contributed by atoms with van der Waals surface area (Å²) in [6.07, 6.45) is 4.11. The number of nitrogens with one attached hydrogen (secondary N) is 1. The summed E-state index contributed by atoms with van der Waals surface area (Å²) in [5, 5.41) is 8.05. The van der Waals surface area contributed by atoms with Gasteiger partial charge in [0.2, 0.25) is 0 Å². The zero-order chi connectivity index (χ0) is 16.3. The molecule has 1 aromatic heterocycles. The summed E-state index contributed by atoms with van der Waals surface area (Å²) in [5.74, 6) is 1.05. The Morgan fingerprint density at radius 2 is 2.00 bits per heavy atom. The number of para-hydroxylation sites is 1. The van der Waals surface area contributed by atoms with E-state index in [1.165, 1.54) is 18.5 Å². The molecule has 124 valence electrons. The second-order valence-electron chi connectivity index (χ2n) is 7.34. The SMILES string of the molecule is CC(C)(C)n1ncnc1CN1CCCC(Nc2ccccc2)C1. The third-order valence-electron chi connectivity index (χ3n) is 4.27. The second-order valence-corrected chi connectivity index (χ2v) is 7.34. The van der Waals surface area contributed by atoms with Gasteiger partial charge >= 0.3 is 0 Å². The number of nitrogens with zero attached hydrogens (tertiary/aromatic N) is 4. The lowest BCUT2D eigenvalue weighted by atomic mass is 10.0. The molecule has 5 nitrogen and oxygen atoms in total. The van der Waals surface area contributed by atoms with Gasteiger partial charge in [0.05, 0.1) is 12.1 Å². The van der Waals surface area contributed by atoms with Crippen LogP contribution < -0.4 is 5.32 Å². The van der Waals surface area contributed by atoms with Gasteiger partial charge in [-0.05, 0) is 52.3 Å². The fourth-order valence-electron chi connectivity index (χ4n) is 3.22. The van der Waals surface area contributed by atoms with Crippen molar-refractivity contribution < 1.29 is 0 Å². The van der Waals surface area contributed by atoms with Gasteiger partial charge < -0.3 is 5.32 Å². The summed E-state index contributed by atoms with van der Waals surface area (Å²) in [5.41, 5.74) is 1.18. The maximum absolute atomic E-state index is 4.48. The van der Waals surface area contributed by atoms with Gasteiger partial charge in [-0.2, -0.15) is 5.10 Å². The molecule has 0 bridgehead atoms. The minimum absolute atomic E-state index is 0.0245. The molecule has 0 radical (unpaired) electrons. The number of piperidine rings is 1. The predicted octanol–water partition coefficient (Wildman–Crippen LogP) is 3.11. The lowest BCUT2D eigenvalue weighted by Crippen LogP contribution is -2.42. The normalized spacial score (nSPS) is 19.7. The van der Waals surface area contributed by atoms with E-state index in [4.69, 9.17) is 0 Å². The highest BCUT2D eigenvalue weighted by atomic mass is 15.4. The number of hydrogen-bond donors (Lipinski definition) is 1. The van der Waals surface area contributed by atoms with Crippen LogP contribution in [0.5, 0.6) is 0 Å². The second kappa shape index (κ2) is 6.71. The van der Waals surface area contributed by atoms with E-state index in [0.717, 1.165) is 25.5 Å². The maximum atomic E-state index is 4.48. The summed E-state index contributed by atoms with van der Waals surface area (Å²) in [4.78, 5) is 6.96. The molecule has 1 unspecified atom stereocenters. The first-order valence-electron chi connectivity index (χ1n) is 8.46. The first-order chi connectivity index (χ1) is 11.0. The molecule has 0 spiro atoms. The van der Waals surface area contributed by atoms with Crippen LogP contribution in [0, 0.1) is 0 Å². The van der Waals surface area contributed by atoms with Crippen molar-refractivity contribution in [3.8, 4) is 0 Å². The van der Waals surface area contributed by atoms with Crippen molar-refractivity contribution in [2.45, 2.75) is 51.7 Å². The molecule has 1 saturated heterocycles. The van der Waals surface area contributed by atoms with E-state index in [2.05, 4.69) is 71.4 Å². The molecule has 1 fully saturated rings. The van der Waals surface area contributed by atoms with Gasteiger partial charge in [-0.25, -0.2) is 9.67 Å². The number of likely N-dealkylation sites (tertiary alicyclic amines) is 1. The zero-order valence-corrected chi connectivity index (χ0v) is 14.4. The maximum Gasteiger partial charge on any atom is 0.141 e. The Morgan fingerprint density at radius 1 is 1.22 bits per heavy atom. The number of hydrogen-bond acceptors (Lipinski definition) is 4. The van der Waals surface area contributed by atoms with E-state index >= 15 is 0 Å². The van der Waals surface area contributed by atoms with Gasteiger partial charge in [0.15, 0.2) is 0 Å². The van der Waals surface area contributed by atoms with Crippen molar-refractivity contribution in [3.63, 3.8) is 0 Å². The van der Waals surface area contributed by atoms with Crippen molar-refractivity contribution in [1.29, 1.82) is 0 Å². The van der Waals surface area contributed by atoms with Gasteiger partial charge in [-0.3, -0.25) is 4.90 Å². The smallest absolute Gasteiger partial charge is 0.141 e. The number of anilines is 1. The van der Waals surface area contributed by atoms with Gasteiger partial charge in [0.25, 0.3) is 0 Å². The molecular formula is C18H27N5. The van der Waals surface area contributed by atoms with Crippen molar-refractivity contribution >= 4 is 5.69 Å². The van der Waals surface area contributed by atoms with E-state index in [0.29, 0.717) is 6.04 Å². The molecule has 0 saturated carbocycles. The van der Waals surface area contributed by atoms with E-state index in [9.17, 15) is 0 Å². The van der Waals surface area contributed by atoms with Crippen molar-refractivity contribution in [2.24, 2.45) is 0 Å². The first-order valence-corrected chi connectivity index (χ1v) is 8.46. The third kappa shape index (κ3) is 4.10. The quantitative estimate of drug-likeness (QED) is 0.942. The minimum Gasteiger partial charge on any atom is -0.381 e. The summed E-state index contributed by atoms with van der Waals surface area (Å²) < 4.78 is 2.04. The average molecular weight is 313 g/mol. The Morgan fingerprint density at radius 3 is 2.74 bits per heavy atom. The van der Waals surface area contributed by atoms with Gasteiger partial charge in [-0.15, -0.1) is 0 Å². The molecule has 5 heteroatoms. The molecular weight excluding hydrogens is 286 g/mol. The molecule has 2 aromatic rings. The average Bonchev–Trinajstić information content (AvgIpc) is 2.97. The molecule has 1 aliphatic rings. The number of aromatic nitrogens is 3. The molecule has 2 heterocycles. The Balaban J connectivity index is 1.62. The lowest BCUT2D eigenvalue weighted by Gasteiger charge is -2.34. The highest BCUT2D eigenvalue weighted by molar-refractivity contribution is 5.43. The van der Waals surface area contributed by atoms with Crippen LogP contribution in [-0.2, 0) is 12.1 Å². The summed E-state index contributed by atoms with van der Waals surface area (Å²) in [7, 11) is 0. The fraction of sp³-hybridized carbons (Fsp3) is 0.556. The van der Waals surface area contributed by atoms with Crippen LogP contribution in [0.4, 0.5) is 5.69 Å². The number of benzene rings is 1. The van der Waals surface area contributed by atoms with Crippen molar-refractivity contribution in [1.82, 2.24) is 19.7 Å².